The summed E-state index contributed by atoms with van der Waals surface area (Å²) in [7, 11) is 0. The van der Waals surface area contributed by atoms with E-state index in [0.717, 1.165) is 25.9 Å². The van der Waals surface area contributed by atoms with Gasteiger partial charge in [0, 0.05) is 19.4 Å². The highest BCUT2D eigenvalue weighted by atomic mass is 16.6. The van der Waals surface area contributed by atoms with Gasteiger partial charge in [-0.1, -0.05) is 6.92 Å². The number of esters is 1. The molecule has 0 unspecified atom stereocenters. The van der Waals surface area contributed by atoms with E-state index in [2.05, 4.69) is 5.32 Å². The summed E-state index contributed by atoms with van der Waals surface area (Å²) in [5.41, 5.74) is -0.912. The maximum Gasteiger partial charge on any atom is 0.413 e. The number of carbonyl (C=O) groups is 2. The third-order valence-electron chi connectivity index (χ3n) is 3.62. The minimum Gasteiger partial charge on any atom is -0.443 e. The van der Waals surface area contributed by atoms with Gasteiger partial charge < -0.3 is 14.8 Å². The van der Waals surface area contributed by atoms with Crippen LogP contribution in [0.1, 0.15) is 33.1 Å². The Balaban J connectivity index is 2.21. The fraction of sp³-hybridized carbons (Fsp3) is 0.833. The van der Waals surface area contributed by atoms with Crippen molar-refractivity contribution in [3.63, 3.8) is 0 Å². The van der Waals surface area contributed by atoms with Gasteiger partial charge in [-0.15, -0.1) is 0 Å². The summed E-state index contributed by atoms with van der Waals surface area (Å²) in [5.74, 6) is -0.380. The standard InChI is InChI=1S/C12H20N2O4/c1-3-12(18-9(2)15)8-17-11(16)14(12)10-4-6-13-7-5-10/h10,13H,3-8H2,1-2H3/t12-/m1/s1. The van der Waals surface area contributed by atoms with E-state index in [0.29, 0.717) is 6.42 Å². The van der Waals surface area contributed by atoms with Gasteiger partial charge in [0.1, 0.15) is 0 Å². The summed E-state index contributed by atoms with van der Waals surface area (Å²) < 4.78 is 10.5. The molecule has 2 aliphatic rings. The van der Waals surface area contributed by atoms with Crippen LogP contribution in [0.15, 0.2) is 0 Å². The molecule has 6 nitrogen and oxygen atoms in total. The maximum absolute atomic E-state index is 11.9. The first kappa shape index (κ1) is 13.1. The number of hydrogen-bond donors (Lipinski definition) is 1. The Labute approximate surface area is 107 Å². The van der Waals surface area contributed by atoms with Crippen molar-refractivity contribution in [2.24, 2.45) is 0 Å². The van der Waals surface area contributed by atoms with Crippen molar-refractivity contribution in [2.75, 3.05) is 19.7 Å². The molecule has 0 saturated carbocycles. The molecule has 1 amide bonds. The van der Waals surface area contributed by atoms with Gasteiger partial charge in [0.2, 0.25) is 5.72 Å². The Morgan fingerprint density at radius 1 is 1.56 bits per heavy atom. The lowest BCUT2D eigenvalue weighted by Gasteiger charge is -2.40. The van der Waals surface area contributed by atoms with Gasteiger partial charge in [0.05, 0.1) is 0 Å². The molecular formula is C12H20N2O4. The molecule has 0 radical (unpaired) electrons. The van der Waals surface area contributed by atoms with Gasteiger partial charge in [-0.05, 0) is 25.9 Å². The van der Waals surface area contributed by atoms with Crippen LogP contribution in [-0.4, -0.2) is 48.4 Å². The SMILES string of the molecule is CC[C@@]1(OC(C)=O)COC(=O)N1C1CCNCC1. The van der Waals surface area contributed by atoms with Crippen LogP contribution in [0.2, 0.25) is 0 Å². The van der Waals surface area contributed by atoms with Gasteiger partial charge in [-0.2, -0.15) is 0 Å². The normalized spacial score (nSPS) is 29.2. The molecule has 1 N–H and O–H groups in total. The summed E-state index contributed by atoms with van der Waals surface area (Å²) in [6.45, 7) is 5.13. The molecule has 2 rings (SSSR count). The Hall–Kier alpha value is -1.30. The molecule has 0 bridgehead atoms. The molecule has 0 aliphatic carbocycles. The molecule has 2 heterocycles. The quantitative estimate of drug-likeness (QED) is 0.758. The van der Waals surface area contributed by atoms with Crippen LogP contribution in [0, 0.1) is 0 Å². The smallest absolute Gasteiger partial charge is 0.413 e. The Morgan fingerprint density at radius 2 is 2.22 bits per heavy atom. The van der Waals surface area contributed by atoms with E-state index in [1.54, 1.807) is 4.90 Å². The average molecular weight is 256 g/mol. The highest BCUT2D eigenvalue weighted by Gasteiger charge is 2.52. The number of nitrogens with one attached hydrogen (secondary N) is 1. The molecule has 0 spiro atoms. The van der Waals surface area contributed by atoms with E-state index in [9.17, 15) is 9.59 Å². The number of piperidine rings is 1. The summed E-state index contributed by atoms with van der Waals surface area (Å²) in [4.78, 5) is 24.8. The van der Waals surface area contributed by atoms with Gasteiger partial charge in [0.25, 0.3) is 0 Å². The topological polar surface area (TPSA) is 67.9 Å². The number of carbonyl (C=O) groups excluding carboxylic acids is 2. The summed E-state index contributed by atoms with van der Waals surface area (Å²) >= 11 is 0. The van der Waals surface area contributed by atoms with E-state index >= 15 is 0 Å². The van der Waals surface area contributed by atoms with Crippen LogP contribution < -0.4 is 5.32 Å². The third kappa shape index (κ3) is 2.29. The molecule has 2 aliphatic heterocycles. The zero-order valence-electron chi connectivity index (χ0n) is 10.9. The molecule has 0 aromatic carbocycles. The second-order valence-electron chi connectivity index (χ2n) is 4.80. The lowest BCUT2D eigenvalue weighted by molar-refractivity contribution is -0.176. The van der Waals surface area contributed by atoms with Gasteiger partial charge in [-0.3, -0.25) is 9.69 Å². The third-order valence-corrected chi connectivity index (χ3v) is 3.62. The van der Waals surface area contributed by atoms with Crippen LogP contribution in [0.4, 0.5) is 4.79 Å². The fourth-order valence-corrected chi connectivity index (χ4v) is 2.72. The highest BCUT2D eigenvalue weighted by molar-refractivity contribution is 5.73. The van der Waals surface area contributed by atoms with Crippen LogP contribution in [0.3, 0.4) is 0 Å². The fourth-order valence-electron chi connectivity index (χ4n) is 2.72. The Bertz CT molecular complexity index is 341. The van der Waals surface area contributed by atoms with E-state index in [4.69, 9.17) is 9.47 Å². The predicted octanol–water partition coefficient (Wildman–Crippen LogP) is 0.860. The molecule has 2 fully saturated rings. The number of rotatable bonds is 3. The molecule has 18 heavy (non-hydrogen) atoms. The lowest BCUT2D eigenvalue weighted by atomic mass is 10.0. The van der Waals surface area contributed by atoms with Crippen LogP contribution >= 0.6 is 0 Å². The Morgan fingerprint density at radius 3 is 2.78 bits per heavy atom. The first-order chi connectivity index (χ1) is 8.59. The molecule has 0 aromatic heterocycles. The molecule has 102 valence electrons. The number of hydrogen-bond acceptors (Lipinski definition) is 5. The molecule has 2 saturated heterocycles. The van der Waals surface area contributed by atoms with E-state index in [1.807, 2.05) is 6.92 Å². The minimum absolute atomic E-state index is 0.0838. The van der Waals surface area contributed by atoms with Crippen LogP contribution in [-0.2, 0) is 14.3 Å². The minimum atomic E-state index is -0.912. The second kappa shape index (κ2) is 5.14. The predicted molar refractivity (Wildman–Crippen MR) is 63.9 cm³/mol. The molecule has 1 atom stereocenters. The average Bonchev–Trinajstić information content (AvgIpc) is 2.67. The van der Waals surface area contributed by atoms with Crippen molar-refractivity contribution in [2.45, 2.75) is 44.9 Å². The monoisotopic (exact) mass is 256 g/mol. The number of ether oxygens (including phenoxy) is 2. The molecule has 0 aromatic rings. The first-order valence-corrected chi connectivity index (χ1v) is 6.45. The van der Waals surface area contributed by atoms with Crippen molar-refractivity contribution >= 4 is 12.1 Å². The van der Waals surface area contributed by atoms with Crippen molar-refractivity contribution in [3.8, 4) is 0 Å². The van der Waals surface area contributed by atoms with E-state index < -0.39 is 5.72 Å². The maximum atomic E-state index is 11.9. The summed E-state index contributed by atoms with van der Waals surface area (Å²) in [6, 6.07) is 0.0838. The second-order valence-corrected chi connectivity index (χ2v) is 4.80. The summed E-state index contributed by atoms with van der Waals surface area (Å²) in [5, 5.41) is 3.25. The number of nitrogens with zero attached hydrogens (tertiary/aromatic N) is 1. The van der Waals surface area contributed by atoms with E-state index in [1.165, 1.54) is 6.92 Å². The zero-order chi connectivity index (χ0) is 13.2. The Kier molecular flexibility index (Phi) is 3.75. The number of amides is 1. The van der Waals surface area contributed by atoms with Crippen molar-refractivity contribution in [3.05, 3.63) is 0 Å². The van der Waals surface area contributed by atoms with Gasteiger partial charge >= 0.3 is 12.1 Å². The van der Waals surface area contributed by atoms with Gasteiger partial charge in [0.15, 0.2) is 6.61 Å². The van der Waals surface area contributed by atoms with Crippen molar-refractivity contribution in [1.82, 2.24) is 10.2 Å². The molecular weight excluding hydrogens is 236 g/mol. The van der Waals surface area contributed by atoms with E-state index in [-0.39, 0.29) is 24.7 Å². The van der Waals surface area contributed by atoms with Crippen molar-refractivity contribution < 1.29 is 19.1 Å². The number of cyclic esters (lactones) is 1. The lowest BCUT2D eigenvalue weighted by Crippen LogP contribution is -2.56. The van der Waals surface area contributed by atoms with Crippen LogP contribution in [0.25, 0.3) is 0 Å². The first-order valence-electron chi connectivity index (χ1n) is 6.45. The van der Waals surface area contributed by atoms with Crippen LogP contribution in [0.5, 0.6) is 0 Å². The highest BCUT2D eigenvalue weighted by Crippen LogP contribution is 2.33. The van der Waals surface area contributed by atoms with Crippen molar-refractivity contribution in [1.29, 1.82) is 0 Å². The summed E-state index contributed by atoms with van der Waals surface area (Å²) in [6.07, 6.45) is 1.89. The van der Waals surface area contributed by atoms with Gasteiger partial charge in [-0.25, -0.2) is 4.79 Å². The largest absolute Gasteiger partial charge is 0.443 e. The molecule has 6 heteroatoms. The zero-order valence-corrected chi connectivity index (χ0v) is 10.9.